The van der Waals surface area contributed by atoms with Crippen molar-refractivity contribution in [3.8, 4) is 11.3 Å². The monoisotopic (exact) mass is 418 g/mol. The molecular formula is C25H30N4O2. The van der Waals surface area contributed by atoms with Crippen molar-refractivity contribution in [3.63, 3.8) is 0 Å². The van der Waals surface area contributed by atoms with Gasteiger partial charge < -0.3 is 9.42 Å². The average Bonchev–Trinajstić information content (AvgIpc) is 3.44. The van der Waals surface area contributed by atoms with Crippen molar-refractivity contribution in [2.45, 2.75) is 45.2 Å². The largest absolute Gasteiger partial charge is 0.361 e. The molecule has 0 saturated carbocycles. The van der Waals surface area contributed by atoms with E-state index in [9.17, 15) is 4.79 Å². The number of likely N-dealkylation sites (N-methyl/N-ethyl adjacent to an activating group) is 1. The fourth-order valence-electron chi connectivity index (χ4n) is 4.63. The molecule has 162 valence electrons. The number of amides is 1. The van der Waals surface area contributed by atoms with E-state index in [-0.39, 0.29) is 5.91 Å². The minimum atomic E-state index is -0.630. The van der Waals surface area contributed by atoms with E-state index in [2.05, 4.69) is 21.1 Å². The summed E-state index contributed by atoms with van der Waals surface area (Å²) < 4.78 is 5.74. The quantitative estimate of drug-likeness (QED) is 0.549. The summed E-state index contributed by atoms with van der Waals surface area (Å²) >= 11 is 0. The molecule has 0 bridgehead atoms. The number of likely N-dealkylation sites (tertiary alicyclic amines) is 1. The lowest BCUT2D eigenvalue weighted by Crippen LogP contribution is -2.57. The van der Waals surface area contributed by atoms with Crippen molar-refractivity contribution < 1.29 is 9.32 Å². The van der Waals surface area contributed by atoms with Gasteiger partial charge in [-0.1, -0.05) is 41.6 Å². The molecule has 0 aliphatic carbocycles. The molecule has 1 fully saturated rings. The van der Waals surface area contributed by atoms with Crippen LogP contribution in [-0.2, 0) is 17.8 Å². The van der Waals surface area contributed by atoms with Crippen molar-refractivity contribution >= 4 is 5.91 Å². The second-order valence-corrected chi connectivity index (χ2v) is 8.12. The minimum absolute atomic E-state index is 0.177. The Kier molecular flexibility index (Phi) is 6.47. The molecule has 2 aromatic heterocycles. The van der Waals surface area contributed by atoms with E-state index >= 15 is 0 Å². The molecule has 3 heterocycles. The van der Waals surface area contributed by atoms with Crippen LogP contribution in [0.4, 0.5) is 0 Å². The van der Waals surface area contributed by atoms with Gasteiger partial charge in [0.05, 0.1) is 0 Å². The number of rotatable bonds is 8. The van der Waals surface area contributed by atoms with Crippen LogP contribution in [0.25, 0.3) is 11.3 Å². The normalized spacial score (nSPS) is 18.9. The SMILES string of the molecule is CCN(CC)C(=O)C1(Cc2cc(-c3ccccc3)no2)CCCN1Cc1cccnc1. The van der Waals surface area contributed by atoms with Crippen LogP contribution in [0.15, 0.2) is 65.4 Å². The van der Waals surface area contributed by atoms with Gasteiger partial charge >= 0.3 is 0 Å². The van der Waals surface area contributed by atoms with Crippen molar-refractivity contribution in [1.29, 1.82) is 0 Å². The van der Waals surface area contributed by atoms with E-state index in [0.717, 1.165) is 42.0 Å². The number of carbonyl (C=O) groups is 1. The smallest absolute Gasteiger partial charge is 0.243 e. The Hall–Kier alpha value is -2.99. The lowest BCUT2D eigenvalue weighted by atomic mass is 9.88. The number of hydrogen-bond acceptors (Lipinski definition) is 5. The van der Waals surface area contributed by atoms with Crippen molar-refractivity contribution in [2.75, 3.05) is 19.6 Å². The van der Waals surface area contributed by atoms with Crippen LogP contribution < -0.4 is 0 Å². The molecule has 0 N–H and O–H groups in total. The van der Waals surface area contributed by atoms with E-state index in [0.29, 0.717) is 26.1 Å². The third-order valence-corrected chi connectivity index (χ3v) is 6.26. The molecule has 1 unspecified atom stereocenters. The van der Waals surface area contributed by atoms with Crippen LogP contribution in [0.2, 0.25) is 0 Å². The van der Waals surface area contributed by atoms with Crippen molar-refractivity contribution in [2.24, 2.45) is 0 Å². The average molecular weight is 419 g/mol. The van der Waals surface area contributed by atoms with Gasteiger partial charge in [0.15, 0.2) is 0 Å². The van der Waals surface area contributed by atoms with E-state index in [1.807, 2.05) is 67.4 Å². The molecule has 0 spiro atoms. The van der Waals surface area contributed by atoms with E-state index < -0.39 is 5.54 Å². The van der Waals surface area contributed by atoms with Crippen LogP contribution >= 0.6 is 0 Å². The Morgan fingerprint density at radius 1 is 1.16 bits per heavy atom. The van der Waals surface area contributed by atoms with Gasteiger partial charge in [0.25, 0.3) is 0 Å². The molecule has 1 saturated heterocycles. The molecule has 1 atom stereocenters. The lowest BCUT2D eigenvalue weighted by molar-refractivity contribution is -0.143. The third-order valence-electron chi connectivity index (χ3n) is 6.26. The van der Waals surface area contributed by atoms with Crippen LogP contribution in [0.5, 0.6) is 0 Å². The third kappa shape index (κ3) is 4.39. The number of aromatic nitrogens is 2. The number of nitrogens with zero attached hydrogens (tertiary/aromatic N) is 4. The molecule has 3 aromatic rings. The van der Waals surface area contributed by atoms with Crippen molar-refractivity contribution in [1.82, 2.24) is 19.9 Å². The Labute approximate surface area is 183 Å². The first-order chi connectivity index (χ1) is 15.2. The molecule has 0 radical (unpaired) electrons. The number of benzene rings is 1. The molecule has 1 aliphatic rings. The van der Waals surface area contributed by atoms with Crippen LogP contribution in [0, 0.1) is 0 Å². The van der Waals surface area contributed by atoms with Crippen LogP contribution in [0.1, 0.15) is 38.0 Å². The Morgan fingerprint density at radius 3 is 2.68 bits per heavy atom. The second-order valence-electron chi connectivity index (χ2n) is 8.12. The summed E-state index contributed by atoms with van der Waals surface area (Å²) in [6, 6.07) is 16.0. The zero-order valence-corrected chi connectivity index (χ0v) is 18.3. The van der Waals surface area contributed by atoms with E-state index in [1.165, 1.54) is 0 Å². The Morgan fingerprint density at radius 2 is 1.97 bits per heavy atom. The summed E-state index contributed by atoms with van der Waals surface area (Å²) in [7, 11) is 0. The summed E-state index contributed by atoms with van der Waals surface area (Å²) in [6.45, 7) is 7.05. The molecule has 31 heavy (non-hydrogen) atoms. The first-order valence-corrected chi connectivity index (χ1v) is 11.1. The minimum Gasteiger partial charge on any atom is -0.361 e. The van der Waals surface area contributed by atoms with Crippen molar-refractivity contribution in [3.05, 3.63) is 72.2 Å². The zero-order chi connectivity index (χ0) is 21.7. The molecule has 6 heteroatoms. The highest BCUT2D eigenvalue weighted by Crippen LogP contribution is 2.36. The highest BCUT2D eigenvalue weighted by molar-refractivity contribution is 5.87. The predicted molar refractivity (Wildman–Crippen MR) is 120 cm³/mol. The van der Waals surface area contributed by atoms with Gasteiger partial charge in [-0.25, -0.2) is 0 Å². The Bertz CT molecular complexity index is 985. The lowest BCUT2D eigenvalue weighted by Gasteiger charge is -2.40. The highest BCUT2D eigenvalue weighted by Gasteiger charge is 2.49. The number of pyridine rings is 1. The molecule has 1 amide bonds. The van der Waals surface area contributed by atoms with Gasteiger partial charge in [0, 0.05) is 50.1 Å². The van der Waals surface area contributed by atoms with Gasteiger partial charge in [-0.3, -0.25) is 14.7 Å². The summed E-state index contributed by atoms with van der Waals surface area (Å²) in [4.78, 5) is 22.3. The maximum Gasteiger partial charge on any atom is 0.243 e. The van der Waals surface area contributed by atoms with Gasteiger partial charge in [-0.2, -0.15) is 0 Å². The van der Waals surface area contributed by atoms with E-state index in [1.54, 1.807) is 6.20 Å². The molecular weight excluding hydrogens is 388 g/mol. The first kappa shape index (κ1) is 21.2. The fourth-order valence-corrected chi connectivity index (χ4v) is 4.63. The summed E-state index contributed by atoms with van der Waals surface area (Å²) in [6.07, 6.45) is 5.97. The summed E-state index contributed by atoms with van der Waals surface area (Å²) in [5.74, 6) is 0.925. The number of hydrogen-bond donors (Lipinski definition) is 0. The summed E-state index contributed by atoms with van der Waals surface area (Å²) in [5, 5.41) is 4.28. The molecule has 6 nitrogen and oxygen atoms in total. The fraction of sp³-hybridized carbons (Fsp3) is 0.400. The highest BCUT2D eigenvalue weighted by atomic mass is 16.5. The maximum absolute atomic E-state index is 13.8. The molecule has 1 aromatic carbocycles. The number of carbonyl (C=O) groups excluding carboxylic acids is 1. The standard InChI is InChI=1S/C25H30N4O2/c1-3-28(4-2)24(30)25(13-9-15-29(25)19-20-10-8-14-26-18-20)17-22-16-23(27-31-22)21-11-6-5-7-12-21/h5-8,10-12,14,16,18H,3-4,9,13,15,17,19H2,1-2H3. The summed E-state index contributed by atoms with van der Waals surface area (Å²) in [5.41, 5.74) is 2.30. The topological polar surface area (TPSA) is 62.5 Å². The van der Waals surface area contributed by atoms with Gasteiger partial charge in [-0.15, -0.1) is 0 Å². The predicted octanol–water partition coefficient (Wildman–Crippen LogP) is 4.18. The maximum atomic E-state index is 13.8. The van der Waals surface area contributed by atoms with Crippen LogP contribution in [0.3, 0.4) is 0 Å². The molecule has 1 aliphatic heterocycles. The molecule has 4 rings (SSSR count). The van der Waals surface area contributed by atoms with Gasteiger partial charge in [0.1, 0.15) is 17.0 Å². The van der Waals surface area contributed by atoms with Gasteiger partial charge in [-0.05, 0) is 44.9 Å². The second kappa shape index (κ2) is 9.43. The Balaban J connectivity index is 1.66. The first-order valence-electron chi connectivity index (χ1n) is 11.1. The zero-order valence-electron chi connectivity index (χ0n) is 18.3. The van der Waals surface area contributed by atoms with Gasteiger partial charge in [0.2, 0.25) is 5.91 Å². The van der Waals surface area contributed by atoms with E-state index in [4.69, 9.17) is 4.52 Å². The van der Waals surface area contributed by atoms with Crippen LogP contribution in [-0.4, -0.2) is 51.0 Å².